The van der Waals surface area contributed by atoms with Crippen LogP contribution in [0.3, 0.4) is 0 Å². The highest BCUT2D eigenvalue weighted by atomic mass is 16.7. The first-order chi connectivity index (χ1) is 8.06. The van der Waals surface area contributed by atoms with Gasteiger partial charge in [-0.25, -0.2) is 4.79 Å². The van der Waals surface area contributed by atoms with Gasteiger partial charge in [0, 0.05) is 14.1 Å². The standard InChI is InChI=1S/C9H14N4O4/c1-13(2)9(14)12-17-8-10-6(15-3)5-7(11-8)16-4/h5H,1-4H3,(H,12,14). The highest BCUT2D eigenvalue weighted by Crippen LogP contribution is 2.17. The number of aromatic nitrogens is 2. The molecule has 1 aromatic rings. The van der Waals surface area contributed by atoms with Gasteiger partial charge < -0.3 is 19.2 Å². The van der Waals surface area contributed by atoms with E-state index in [1.807, 2.05) is 0 Å². The molecule has 0 bridgehead atoms. The van der Waals surface area contributed by atoms with Gasteiger partial charge in [0.25, 0.3) is 0 Å². The molecular weight excluding hydrogens is 228 g/mol. The van der Waals surface area contributed by atoms with Crippen LogP contribution in [0.15, 0.2) is 6.07 Å². The summed E-state index contributed by atoms with van der Waals surface area (Å²) >= 11 is 0. The van der Waals surface area contributed by atoms with Gasteiger partial charge in [0.2, 0.25) is 11.8 Å². The lowest BCUT2D eigenvalue weighted by molar-refractivity contribution is 0.147. The number of nitrogens with zero attached hydrogens (tertiary/aromatic N) is 3. The molecule has 1 N–H and O–H groups in total. The first-order valence-corrected chi connectivity index (χ1v) is 4.68. The predicted octanol–water partition coefficient (Wildman–Crippen LogP) is 0.0588. The second-order valence-electron chi connectivity index (χ2n) is 3.14. The van der Waals surface area contributed by atoms with Crippen LogP contribution in [0.25, 0.3) is 0 Å². The molecule has 0 radical (unpaired) electrons. The number of rotatable bonds is 4. The molecule has 1 heterocycles. The van der Waals surface area contributed by atoms with Gasteiger partial charge in [-0.2, -0.15) is 15.4 Å². The Morgan fingerprint density at radius 1 is 1.24 bits per heavy atom. The molecule has 0 aliphatic heterocycles. The Labute approximate surface area is 98.5 Å². The van der Waals surface area contributed by atoms with E-state index in [1.165, 1.54) is 25.2 Å². The van der Waals surface area contributed by atoms with Crippen LogP contribution in [0.2, 0.25) is 0 Å². The lowest BCUT2D eigenvalue weighted by Crippen LogP contribution is -2.37. The number of amides is 2. The maximum Gasteiger partial charge on any atom is 0.350 e. The Morgan fingerprint density at radius 2 is 1.76 bits per heavy atom. The van der Waals surface area contributed by atoms with E-state index in [1.54, 1.807) is 14.1 Å². The number of hydrogen-bond acceptors (Lipinski definition) is 6. The SMILES string of the molecule is COc1cc(OC)nc(ONC(=O)N(C)C)n1. The van der Waals surface area contributed by atoms with E-state index in [0.29, 0.717) is 0 Å². The van der Waals surface area contributed by atoms with Crippen molar-refractivity contribution >= 4 is 6.03 Å². The van der Waals surface area contributed by atoms with E-state index < -0.39 is 6.03 Å². The Bertz CT molecular complexity index is 374. The van der Waals surface area contributed by atoms with Crippen LogP contribution >= 0.6 is 0 Å². The average Bonchev–Trinajstić information content (AvgIpc) is 2.35. The summed E-state index contributed by atoms with van der Waals surface area (Å²) in [6, 6.07) is 0.979. The molecule has 0 unspecified atom stereocenters. The van der Waals surface area contributed by atoms with Crippen molar-refractivity contribution in [3.8, 4) is 17.8 Å². The zero-order valence-corrected chi connectivity index (χ0v) is 10.1. The first kappa shape index (κ1) is 12.8. The molecule has 0 saturated carbocycles. The van der Waals surface area contributed by atoms with Gasteiger partial charge in [0.15, 0.2) is 0 Å². The number of hydroxylamine groups is 1. The molecule has 8 heteroatoms. The van der Waals surface area contributed by atoms with Crippen molar-refractivity contribution in [1.82, 2.24) is 20.3 Å². The Kier molecular flexibility index (Phi) is 4.32. The molecule has 0 aliphatic carbocycles. The van der Waals surface area contributed by atoms with Crippen LogP contribution in [-0.4, -0.2) is 49.2 Å². The minimum absolute atomic E-state index is 0.0728. The average molecular weight is 242 g/mol. The first-order valence-electron chi connectivity index (χ1n) is 4.68. The van der Waals surface area contributed by atoms with Gasteiger partial charge in [-0.3, -0.25) is 0 Å². The van der Waals surface area contributed by atoms with Crippen molar-refractivity contribution in [2.75, 3.05) is 28.3 Å². The highest BCUT2D eigenvalue weighted by molar-refractivity contribution is 5.72. The number of carbonyl (C=O) groups excluding carboxylic acids is 1. The van der Waals surface area contributed by atoms with Gasteiger partial charge in [-0.05, 0) is 0 Å². The molecule has 1 rings (SSSR count). The minimum Gasteiger partial charge on any atom is -0.481 e. The normalized spacial score (nSPS) is 9.41. The van der Waals surface area contributed by atoms with Crippen molar-refractivity contribution in [1.29, 1.82) is 0 Å². The number of ether oxygens (including phenoxy) is 2. The van der Waals surface area contributed by atoms with E-state index in [2.05, 4.69) is 15.4 Å². The number of hydrogen-bond donors (Lipinski definition) is 1. The summed E-state index contributed by atoms with van der Waals surface area (Å²) in [6.07, 6.45) is 0. The van der Waals surface area contributed by atoms with Gasteiger partial charge >= 0.3 is 12.0 Å². The molecule has 94 valence electrons. The number of urea groups is 1. The van der Waals surface area contributed by atoms with Crippen LogP contribution < -0.4 is 19.8 Å². The molecule has 0 aromatic carbocycles. The van der Waals surface area contributed by atoms with Crippen LogP contribution in [0.1, 0.15) is 0 Å². The van der Waals surface area contributed by atoms with Gasteiger partial charge in [-0.15, -0.1) is 0 Å². The molecule has 2 amide bonds. The third kappa shape index (κ3) is 3.67. The molecule has 0 fully saturated rings. The van der Waals surface area contributed by atoms with Crippen molar-refractivity contribution in [2.45, 2.75) is 0 Å². The number of nitrogens with one attached hydrogen (secondary N) is 1. The van der Waals surface area contributed by atoms with Crippen LogP contribution in [0.4, 0.5) is 4.79 Å². The van der Waals surface area contributed by atoms with Crippen LogP contribution in [0.5, 0.6) is 17.8 Å². The van der Waals surface area contributed by atoms with Gasteiger partial charge in [-0.1, -0.05) is 0 Å². The van der Waals surface area contributed by atoms with E-state index >= 15 is 0 Å². The fraction of sp³-hybridized carbons (Fsp3) is 0.444. The molecule has 0 atom stereocenters. The molecule has 0 spiro atoms. The Balaban J connectivity index is 2.73. The van der Waals surface area contributed by atoms with Crippen molar-refractivity contribution in [3.63, 3.8) is 0 Å². The lowest BCUT2D eigenvalue weighted by atomic mass is 10.6. The number of carbonyl (C=O) groups is 1. The minimum atomic E-state index is -0.435. The van der Waals surface area contributed by atoms with Crippen molar-refractivity contribution in [2.24, 2.45) is 0 Å². The maximum absolute atomic E-state index is 11.2. The third-order valence-corrected chi connectivity index (χ3v) is 1.71. The van der Waals surface area contributed by atoms with Gasteiger partial charge in [0.1, 0.15) is 0 Å². The summed E-state index contributed by atoms with van der Waals surface area (Å²) in [5, 5.41) is 0. The fourth-order valence-electron chi connectivity index (χ4n) is 0.819. The van der Waals surface area contributed by atoms with Gasteiger partial charge in [0.05, 0.1) is 20.3 Å². The Morgan fingerprint density at radius 3 is 2.18 bits per heavy atom. The second-order valence-corrected chi connectivity index (χ2v) is 3.14. The molecule has 0 saturated heterocycles. The summed E-state index contributed by atoms with van der Waals surface area (Å²) < 4.78 is 9.83. The topological polar surface area (TPSA) is 85.8 Å². The zero-order valence-electron chi connectivity index (χ0n) is 10.1. The van der Waals surface area contributed by atoms with E-state index in [4.69, 9.17) is 14.3 Å². The smallest absolute Gasteiger partial charge is 0.350 e. The molecular formula is C9H14N4O4. The van der Waals surface area contributed by atoms with Crippen LogP contribution in [-0.2, 0) is 0 Å². The van der Waals surface area contributed by atoms with E-state index in [9.17, 15) is 4.79 Å². The molecule has 0 aliphatic rings. The van der Waals surface area contributed by atoms with Crippen LogP contribution in [0, 0.1) is 0 Å². The molecule has 8 nitrogen and oxygen atoms in total. The molecule has 17 heavy (non-hydrogen) atoms. The van der Waals surface area contributed by atoms with E-state index in [0.717, 1.165) is 0 Å². The lowest BCUT2D eigenvalue weighted by Gasteiger charge is -2.11. The molecule has 1 aromatic heterocycles. The highest BCUT2D eigenvalue weighted by Gasteiger charge is 2.09. The summed E-state index contributed by atoms with van der Waals surface area (Å²) in [4.78, 5) is 25.1. The third-order valence-electron chi connectivity index (χ3n) is 1.71. The summed E-state index contributed by atoms with van der Waals surface area (Å²) in [7, 11) is 6.05. The fourth-order valence-corrected chi connectivity index (χ4v) is 0.819. The Hall–Kier alpha value is -2.25. The summed E-state index contributed by atoms with van der Waals surface area (Å²) in [6.45, 7) is 0. The maximum atomic E-state index is 11.2. The second kappa shape index (κ2) is 5.73. The summed E-state index contributed by atoms with van der Waals surface area (Å²) in [5.41, 5.74) is 2.15. The summed E-state index contributed by atoms with van der Waals surface area (Å²) in [5.74, 6) is 0.539. The predicted molar refractivity (Wildman–Crippen MR) is 58.0 cm³/mol. The largest absolute Gasteiger partial charge is 0.481 e. The number of methoxy groups -OCH3 is 2. The van der Waals surface area contributed by atoms with Crippen molar-refractivity contribution in [3.05, 3.63) is 6.07 Å². The van der Waals surface area contributed by atoms with Crippen molar-refractivity contribution < 1.29 is 19.1 Å². The zero-order chi connectivity index (χ0) is 12.8. The quantitative estimate of drug-likeness (QED) is 0.751. The van der Waals surface area contributed by atoms with E-state index in [-0.39, 0.29) is 17.8 Å². The monoisotopic (exact) mass is 242 g/mol.